The van der Waals surface area contributed by atoms with E-state index in [2.05, 4.69) is 10.9 Å². The fourth-order valence-corrected chi connectivity index (χ4v) is 1.74. The minimum absolute atomic E-state index is 0.171. The van der Waals surface area contributed by atoms with Gasteiger partial charge in [0, 0.05) is 5.56 Å². The molecule has 0 aliphatic heterocycles. The first-order chi connectivity index (χ1) is 10.0. The highest BCUT2D eigenvalue weighted by Gasteiger charge is 2.08. The second-order valence-corrected chi connectivity index (χ2v) is 4.67. The number of benzene rings is 2. The number of rotatable bonds is 3. The first kappa shape index (κ1) is 14.7. The quantitative estimate of drug-likeness (QED) is 0.849. The maximum Gasteiger partial charge on any atom is 0.269 e. The largest absolute Gasteiger partial charge is 0.273 e. The Morgan fingerprint density at radius 2 is 1.57 bits per heavy atom. The molecule has 0 fully saturated rings. The van der Waals surface area contributed by atoms with Gasteiger partial charge in [0.15, 0.2) is 0 Å². The lowest BCUT2D eigenvalue weighted by Crippen LogP contribution is -2.42. The summed E-state index contributed by atoms with van der Waals surface area (Å²) in [6.07, 6.45) is 0.171. The minimum atomic E-state index is -0.493. The third-order valence-electron chi connectivity index (χ3n) is 2.91. The summed E-state index contributed by atoms with van der Waals surface area (Å²) in [5, 5.41) is 0. The predicted octanol–water partition coefficient (Wildman–Crippen LogP) is 2.14. The number of aryl methyl sites for hydroxylation is 1. The molecule has 0 aliphatic carbocycles. The van der Waals surface area contributed by atoms with Gasteiger partial charge < -0.3 is 0 Å². The lowest BCUT2D eigenvalue weighted by molar-refractivity contribution is -0.121. The molecule has 2 N–H and O–H groups in total. The van der Waals surface area contributed by atoms with Crippen LogP contribution in [-0.4, -0.2) is 11.8 Å². The third-order valence-corrected chi connectivity index (χ3v) is 2.91. The Balaban J connectivity index is 1.84. The number of hydrogen-bond donors (Lipinski definition) is 2. The van der Waals surface area contributed by atoms with Gasteiger partial charge in [-0.1, -0.05) is 29.8 Å². The summed E-state index contributed by atoms with van der Waals surface area (Å²) < 4.78 is 12.7. The summed E-state index contributed by atoms with van der Waals surface area (Å²) in [7, 11) is 0. The van der Waals surface area contributed by atoms with Crippen molar-refractivity contribution < 1.29 is 14.0 Å². The van der Waals surface area contributed by atoms with E-state index in [0.717, 1.165) is 11.1 Å². The predicted molar refractivity (Wildman–Crippen MR) is 76.9 cm³/mol. The van der Waals surface area contributed by atoms with Gasteiger partial charge in [0.1, 0.15) is 5.82 Å². The summed E-state index contributed by atoms with van der Waals surface area (Å²) in [5.41, 5.74) is 6.86. The van der Waals surface area contributed by atoms with E-state index in [4.69, 9.17) is 0 Å². The molecule has 2 aromatic carbocycles. The maximum atomic E-state index is 12.7. The molecule has 5 heteroatoms. The van der Waals surface area contributed by atoms with Gasteiger partial charge in [0.05, 0.1) is 6.42 Å². The molecular weight excluding hydrogens is 271 g/mol. The van der Waals surface area contributed by atoms with Gasteiger partial charge in [-0.3, -0.25) is 20.4 Å². The van der Waals surface area contributed by atoms with Crippen LogP contribution in [0.1, 0.15) is 21.5 Å². The monoisotopic (exact) mass is 286 g/mol. The highest BCUT2D eigenvalue weighted by molar-refractivity contribution is 5.95. The SMILES string of the molecule is Cc1ccc(CC(=O)NNC(=O)c2ccc(F)cc2)cc1. The van der Waals surface area contributed by atoms with Crippen molar-refractivity contribution in [2.75, 3.05) is 0 Å². The smallest absolute Gasteiger partial charge is 0.269 e. The van der Waals surface area contributed by atoms with Crippen LogP contribution in [0.5, 0.6) is 0 Å². The summed E-state index contributed by atoms with van der Waals surface area (Å²) in [5.74, 6) is -1.24. The molecular formula is C16H15FN2O2. The summed E-state index contributed by atoms with van der Waals surface area (Å²) in [6.45, 7) is 1.97. The Labute approximate surface area is 122 Å². The Hall–Kier alpha value is -2.69. The molecule has 0 radical (unpaired) electrons. The van der Waals surface area contributed by atoms with Crippen LogP contribution < -0.4 is 10.9 Å². The molecule has 4 nitrogen and oxygen atoms in total. The molecule has 0 aliphatic rings. The number of hydrazine groups is 1. The van der Waals surface area contributed by atoms with Crippen molar-refractivity contribution in [3.63, 3.8) is 0 Å². The number of nitrogens with one attached hydrogen (secondary N) is 2. The molecule has 108 valence electrons. The second kappa shape index (κ2) is 6.65. The Morgan fingerprint density at radius 3 is 2.19 bits per heavy atom. The molecule has 0 aromatic heterocycles. The van der Waals surface area contributed by atoms with Crippen LogP contribution in [0.25, 0.3) is 0 Å². The van der Waals surface area contributed by atoms with Crippen LogP contribution in [0.4, 0.5) is 4.39 Å². The van der Waals surface area contributed by atoms with Crippen LogP contribution in [0, 0.1) is 12.7 Å². The second-order valence-electron chi connectivity index (χ2n) is 4.67. The zero-order valence-electron chi connectivity index (χ0n) is 11.5. The van der Waals surface area contributed by atoms with E-state index in [1.165, 1.54) is 24.3 Å². The molecule has 0 unspecified atom stereocenters. The van der Waals surface area contributed by atoms with Crippen LogP contribution in [0.15, 0.2) is 48.5 Å². The molecule has 0 spiro atoms. The van der Waals surface area contributed by atoms with E-state index in [9.17, 15) is 14.0 Å². The Bertz CT molecular complexity index is 636. The van der Waals surface area contributed by atoms with Gasteiger partial charge in [-0.2, -0.15) is 0 Å². The fraction of sp³-hybridized carbons (Fsp3) is 0.125. The van der Waals surface area contributed by atoms with E-state index in [0.29, 0.717) is 0 Å². The number of hydrogen-bond acceptors (Lipinski definition) is 2. The van der Waals surface area contributed by atoms with Crippen molar-refractivity contribution in [1.29, 1.82) is 0 Å². The number of amides is 2. The van der Waals surface area contributed by atoms with E-state index < -0.39 is 11.7 Å². The molecule has 0 heterocycles. The first-order valence-electron chi connectivity index (χ1n) is 6.45. The lowest BCUT2D eigenvalue weighted by atomic mass is 10.1. The van der Waals surface area contributed by atoms with E-state index >= 15 is 0 Å². The summed E-state index contributed by atoms with van der Waals surface area (Å²) in [4.78, 5) is 23.4. The number of carbonyl (C=O) groups excluding carboxylic acids is 2. The Morgan fingerprint density at radius 1 is 0.952 bits per heavy atom. The van der Waals surface area contributed by atoms with Crippen molar-refractivity contribution in [2.24, 2.45) is 0 Å². The van der Waals surface area contributed by atoms with Gasteiger partial charge in [0.25, 0.3) is 5.91 Å². The highest BCUT2D eigenvalue weighted by Crippen LogP contribution is 2.04. The first-order valence-corrected chi connectivity index (χ1v) is 6.45. The van der Waals surface area contributed by atoms with Crippen LogP contribution >= 0.6 is 0 Å². The van der Waals surface area contributed by atoms with Crippen molar-refractivity contribution >= 4 is 11.8 Å². The molecule has 0 bridgehead atoms. The highest BCUT2D eigenvalue weighted by atomic mass is 19.1. The summed E-state index contributed by atoms with van der Waals surface area (Å²) in [6, 6.07) is 12.6. The number of halogens is 1. The van der Waals surface area contributed by atoms with Crippen LogP contribution in [-0.2, 0) is 11.2 Å². The average molecular weight is 286 g/mol. The zero-order valence-corrected chi connectivity index (χ0v) is 11.5. The van der Waals surface area contributed by atoms with Gasteiger partial charge >= 0.3 is 0 Å². The minimum Gasteiger partial charge on any atom is -0.273 e. The van der Waals surface area contributed by atoms with Gasteiger partial charge in [-0.25, -0.2) is 4.39 Å². The fourth-order valence-electron chi connectivity index (χ4n) is 1.74. The maximum absolute atomic E-state index is 12.7. The van der Waals surface area contributed by atoms with Gasteiger partial charge in [-0.05, 0) is 36.8 Å². The molecule has 2 aromatic rings. The number of carbonyl (C=O) groups is 2. The van der Waals surface area contributed by atoms with Crippen LogP contribution in [0.2, 0.25) is 0 Å². The van der Waals surface area contributed by atoms with E-state index in [1.54, 1.807) is 0 Å². The third kappa shape index (κ3) is 4.42. The standard InChI is InChI=1S/C16H15FN2O2/c1-11-2-4-12(5-3-11)10-15(20)18-19-16(21)13-6-8-14(17)9-7-13/h2-9H,10H2,1H3,(H,18,20)(H,19,21). The lowest BCUT2D eigenvalue weighted by Gasteiger charge is -2.07. The van der Waals surface area contributed by atoms with E-state index in [-0.39, 0.29) is 17.9 Å². The van der Waals surface area contributed by atoms with Gasteiger partial charge in [-0.15, -0.1) is 0 Å². The zero-order chi connectivity index (χ0) is 15.2. The average Bonchev–Trinajstić information content (AvgIpc) is 2.48. The molecule has 0 saturated carbocycles. The Kier molecular flexibility index (Phi) is 4.66. The van der Waals surface area contributed by atoms with Crippen molar-refractivity contribution in [3.8, 4) is 0 Å². The van der Waals surface area contributed by atoms with Crippen molar-refractivity contribution in [2.45, 2.75) is 13.3 Å². The van der Waals surface area contributed by atoms with Crippen molar-refractivity contribution in [3.05, 3.63) is 71.0 Å². The molecule has 21 heavy (non-hydrogen) atoms. The topological polar surface area (TPSA) is 58.2 Å². The normalized spacial score (nSPS) is 10.0. The molecule has 0 atom stereocenters. The van der Waals surface area contributed by atoms with Crippen LogP contribution in [0.3, 0.4) is 0 Å². The van der Waals surface area contributed by atoms with Gasteiger partial charge in [0.2, 0.25) is 5.91 Å². The molecule has 2 amide bonds. The molecule has 0 saturated heterocycles. The molecule has 2 rings (SSSR count). The van der Waals surface area contributed by atoms with E-state index in [1.807, 2.05) is 31.2 Å². The van der Waals surface area contributed by atoms with Crippen molar-refractivity contribution in [1.82, 2.24) is 10.9 Å². The summed E-state index contributed by atoms with van der Waals surface area (Å²) >= 11 is 0.